The first-order valence-electron chi connectivity index (χ1n) is 13.4. The number of aliphatic carboxylic acids is 3. The van der Waals surface area contributed by atoms with E-state index in [9.17, 15) is 48.3 Å². The van der Waals surface area contributed by atoms with Crippen LogP contribution in [0.3, 0.4) is 0 Å². The summed E-state index contributed by atoms with van der Waals surface area (Å²) in [4.78, 5) is 103. The van der Waals surface area contributed by atoms with Crippen LogP contribution in [0.2, 0.25) is 0 Å². The number of amides is 4. The van der Waals surface area contributed by atoms with E-state index < -0.39 is 98.7 Å². The number of hydrogen-bond acceptors (Lipinski definition) is 9. The van der Waals surface area contributed by atoms with Gasteiger partial charge in [-0.25, -0.2) is 9.36 Å². The summed E-state index contributed by atoms with van der Waals surface area (Å²) in [5, 5.41) is 37.0. The van der Waals surface area contributed by atoms with Crippen molar-refractivity contribution < 1.29 is 67.8 Å². The van der Waals surface area contributed by atoms with Gasteiger partial charge in [-0.2, -0.15) is 0 Å². The van der Waals surface area contributed by atoms with E-state index in [-0.39, 0.29) is 18.6 Å². The number of phosphoric ester groups is 1. The first-order chi connectivity index (χ1) is 20.8. The van der Waals surface area contributed by atoms with Crippen LogP contribution < -0.4 is 25.8 Å². The molecule has 0 aromatic heterocycles. The summed E-state index contributed by atoms with van der Waals surface area (Å²) in [6.45, 7) is 4.20. The summed E-state index contributed by atoms with van der Waals surface area (Å²) in [5.41, 5.74) is 0.377. The largest absolute Gasteiger partial charge is 0.524 e. The van der Waals surface area contributed by atoms with Crippen molar-refractivity contribution in [1.82, 2.24) is 21.3 Å². The number of phosphoric acid groups is 1. The normalized spacial score (nSPS) is 13.8. The molecule has 0 radical (unpaired) electrons. The Balaban J connectivity index is 3.13. The van der Waals surface area contributed by atoms with Crippen molar-refractivity contribution >= 4 is 49.4 Å². The quantitative estimate of drug-likeness (QED) is 0.0816. The molecule has 18 nitrogen and oxygen atoms in total. The Kier molecular flexibility index (Phi) is 15.1. The molecule has 1 aromatic rings. The van der Waals surface area contributed by atoms with E-state index in [0.29, 0.717) is 5.56 Å². The monoisotopic (exact) mass is 660 g/mol. The smallest absolute Gasteiger partial charge is 0.481 e. The number of hydrogen-bond donors (Lipinski definition) is 9. The number of carbonyl (C=O) groups is 7. The number of carboxylic acids is 3. The summed E-state index contributed by atoms with van der Waals surface area (Å²) >= 11 is 0. The van der Waals surface area contributed by atoms with Crippen LogP contribution in [-0.4, -0.2) is 90.8 Å². The average molecular weight is 661 g/mol. The first kappa shape index (κ1) is 38.5. The second kappa shape index (κ2) is 17.7. The molecular weight excluding hydrogens is 623 g/mol. The van der Waals surface area contributed by atoms with Crippen molar-refractivity contribution in [3.63, 3.8) is 0 Å². The molecule has 0 aliphatic carbocycles. The fraction of sp³-hybridized carbons (Fsp3) is 0.500. The van der Waals surface area contributed by atoms with Crippen molar-refractivity contribution in [3.05, 3.63) is 29.8 Å². The number of carboxylic acid groups (broad SMARTS) is 3. The Labute approximate surface area is 257 Å². The summed E-state index contributed by atoms with van der Waals surface area (Å²) in [7, 11) is -4.83. The minimum Gasteiger partial charge on any atom is -0.481 e. The van der Waals surface area contributed by atoms with Gasteiger partial charge in [0, 0.05) is 32.2 Å². The third kappa shape index (κ3) is 15.7. The van der Waals surface area contributed by atoms with Gasteiger partial charge in [0.2, 0.25) is 23.6 Å². The lowest BCUT2D eigenvalue weighted by atomic mass is 10.0. The topological polar surface area (TPSA) is 295 Å². The molecule has 0 aliphatic heterocycles. The van der Waals surface area contributed by atoms with Crippen molar-refractivity contribution in [2.75, 3.05) is 0 Å². The highest BCUT2D eigenvalue weighted by Crippen LogP contribution is 2.37. The lowest BCUT2D eigenvalue weighted by Gasteiger charge is -2.25. The summed E-state index contributed by atoms with van der Waals surface area (Å²) < 4.78 is 15.5. The maximum atomic E-state index is 13.1. The lowest BCUT2D eigenvalue weighted by Crippen LogP contribution is -2.56. The second-order valence-electron chi connectivity index (χ2n) is 10.3. The molecule has 0 aliphatic rings. The third-order valence-electron chi connectivity index (χ3n) is 6.03. The van der Waals surface area contributed by atoms with Gasteiger partial charge in [0.1, 0.15) is 23.9 Å². The third-order valence-corrected chi connectivity index (χ3v) is 6.48. The standard InChI is InChI=1S/C26H37N4O14P/c1-13(2)23(26(39)40)30-20(32)11-16(6-9-21(33)34)28-24(37)19(12-22(35)36)29-25(38)18(27-14(3)31)10-15-4-7-17(8-5-15)44-45(41,42)43/h4-5,7-8,13,16,18-19,23H,6,9-12H2,1-3H3,(H,27,31)(H,28,37)(H,29,38)(H,30,32)(H,33,34)(H,35,36)(H,39,40)(H2,41,42,43)/t16-,18+,19+,23+/m1/s1. The van der Waals surface area contributed by atoms with Crippen LogP contribution >= 0.6 is 7.82 Å². The minimum atomic E-state index is -4.83. The highest BCUT2D eigenvalue weighted by atomic mass is 31.2. The van der Waals surface area contributed by atoms with Crippen molar-refractivity contribution in [3.8, 4) is 5.75 Å². The number of rotatable bonds is 19. The summed E-state index contributed by atoms with van der Waals surface area (Å²) in [6, 6.07) is -0.463. The van der Waals surface area contributed by atoms with Gasteiger partial charge in [-0.15, -0.1) is 0 Å². The van der Waals surface area contributed by atoms with Crippen molar-refractivity contribution in [1.29, 1.82) is 0 Å². The van der Waals surface area contributed by atoms with E-state index >= 15 is 0 Å². The van der Waals surface area contributed by atoms with Gasteiger partial charge >= 0.3 is 25.7 Å². The summed E-state index contributed by atoms with van der Waals surface area (Å²) in [6.07, 6.45) is -2.50. The highest BCUT2D eigenvalue weighted by molar-refractivity contribution is 7.46. The molecule has 1 rings (SSSR count). The Bertz CT molecular complexity index is 1300. The van der Waals surface area contributed by atoms with Crippen molar-refractivity contribution in [2.24, 2.45) is 5.92 Å². The van der Waals surface area contributed by atoms with Gasteiger partial charge < -0.3 is 41.1 Å². The van der Waals surface area contributed by atoms with Crippen LogP contribution in [-0.2, 0) is 44.5 Å². The van der Waals surface area contributed by atoms with Gasteiger partial charge in [0.25, 0.3) is 0 Å². The zero-order valence-electron chi connectivity index (χ0n) is 24.6. The van der Waals surface area contributed by atoms with Gasteiger partial charge in [0.05, 0.1) is 6.42 Å². The second-order valence-corrected chi connectivity index (χ2v) is 11.5. The number of carbonyl (C=O) groups excluding carboxylic acids is 4. The van der Waals surface area contributed by atoms with E-state index in [0.717, 1.165) is 6.92 Å². The van der Waals surface area contributed by atoms with E-state index in [1.54, 1.807) is 13.8 Å². The molecule has 250 valence electrons. The SMILES string of the molecule is CC(=O)N[C@@H](Cc1ccc(OP(=O)(O)O)cc1)C(=O)N[C@@H](CC(=O)O)C(=O)N[C@H](CCC(=O)O)CC(=O)N[C@H](C(=O)O)C(C)C. The molecule has 0 saturated heterocycles. The predicted octanol–water partition coefficient (Wildman–Crippen LogP) is -0.870. The number of nitrogens with one attached hydrogen (secondary N) is 4. The Morgan fingerprint density at radius 2 is 1.38 bits per heavy atom. The fourth-order valence-corrected chi connectivity index (χ4v) is 4.36. The first-order valence-corrected chi connectivity index (χ1v) is 15.0. The molecule has 0 fully saturated rings. The fourth-order valence-electron chi connectivity index (χ4n) is 3.96. The van der Waals surface area contributed by atoms with Crippen LogP contribution in [0.15, 0.2) is 24.3 Å². The zero-order chi connectivity index (χ0) is 34.5. The summed E-state index contributed by atoms with van der Waals surface area (Å²) in [5.74, 6) is -8.33. The molecule has 0 spiro atoms. The zero-order valence-corrected chi connectivity index (χ0v) is 25.5. The molecule has 0 unspecified atom stereocenters. The molecule has 1 aromatic carbocycles. The molecule has 4 atom stereocenters. The molecule has 4 amide bonds. The molecule has 19 heteroatoms. The highest BCUT2D eigenvalue weighted by Gasteiger charge is 2.31. The Hall–Kier alpha value is -4.54. The van der Waals surface area contributed by atoms with Gasteiger partial charge in [-0.3, -0.25) is 38.6 Å². The Morgan fingerprint density at radius 3 is 1.84 bits per heavy atom. The molecular formula is C26H37N4O14P. The minimum absolute atomic E-state index is 0.181. The van der Waals surface area contributed by atoms with E-state index in [1.807, 2.05) is 0 Å². The molecule has 45 heavy (non-hydrogen) atoms. The predicted molar refractivity (Wildman–Crippen MR) is 152 cm³/mol. The van der Waals surface area contributed by atoms with Crippen molar-refractivity contribution in [2.45, 2.75) is 77.0 Å². The van der Waals surface area contributed by atoms with Gasteiger partial charge in [-0.05, 0) is 30.0 Å². The van der Waals surface area contributed by atoms with Crippen LogP contribution in [0.5, 0.6) is 5.75 Å². The maximum Gasteiger partial charge on any atom is 0.524 e. The molecule has 0 bridgehead atoms. The van der Waals surface area contributed by atoms with Gasteiger partial charge in [0.15, 0.2) is 0 Å². The lowest BCUT2D eigenvalue weighted by molar-refractivity contribution is -0.143. The van der Waals surface area contributed by atoms with Crippen LogP contribution in [0.1, 0.15) is 52.0 Å². The Morgan fingerprint density at radius 1 is 0.800 bits per heavy atom. The maximum absolute atomic E-state index is 13.1. The van der Waals surface area contributed by atoms with Crippen LogP contribution in [0.25, 0.3) is 0 Å². The molecule has 0 saturated carbocycles. The van der Waals surface area contributed by atoms with E-state index in [2.05, 4.69) is 25.8 Å². The number of benzene rings is 1. The van der Waals surface area contributed by atoms with E-state index in [4.69, 9.17) is 14.9 Å². The molecule has 9 N–H and O–H groups in total. The van der Waals surface area contributed by atoms with Crippen LogP contribution in [0, 0.1) is 5.92 Å². The van der Waals surface area contributed by atoms with Gasteiger partial charge in [-0.1, -0.05) is 26.0 Å². The molecule has 0 heterocycles. The van der Waals surface area contributed by atoms with Crippen LogP contribution in [0.4, 0.5) is 0 Å². The van der Waals surface area contributed by atoms with E-state index in [1.165, 1.54) is 24.3 Å². The average Bonchev–Trinajstić information content (AvgIpc) is 2.88.